The first-order valence-electron chi connectivity index (χ1n) is 4.63. The number of hydrogen-bond acceptors (Lipinski definition) is 2. The minimum absolute atomic E-state index is 0.217. The van der Waals surface area contributed by atoms with Gasteiger partial charge in [-0.15, -0.1) is 0 Å². The van der Waals surface area contributed by atoms with Gasteiger partial charge in [-0.25, -0.2) is 0 Å². The molecule has 2 heteroatoms. The summed E-state index contributed by atoms with van der Waals surface area (Å²) in [5, 5.41) is 3.43. The average Bonchev–Trinajstić information content (AvgIpc) is 2.44. The summed E-state index contributed by atoms with van der Waals surface area (Å²) in [4.78, 5) is 0. The Labute approximate surface area is 86.0 Å². The van der Waals surface area contributed by atoms with E-state index in [9.17, 15) is 0 Å². The van der Waals surface area contributed by atoms with Gasteiger partial charge in [0.2, 0.25) is 0 Å². The standard InChI is InChI=1S/C11H17NS/c1-4-5-6-8(2)10-7-12-9(3)11(10)13/h5-6,10-13H,2-4,7H2,1H3/b6-5-. The summed E-state index contributed by atoms with van der Waals surface area (Å²) in [7, 11) is 0. The van der Waals surface area contributed by atoms with E-state index in [0.29, 0.717) is 5.92 Å². The van der Waals surface area contributed by atoms with Crippen LogP contribution in [0.1, 0.15) is 13.3 Å². The van der Waals surface area contributed by atoms with Gasteiger partial charge in [-0.3, -0.25) is 0 Å². The molecule has 0 spiro atoms. The maximum atomic E-state index is 4.49. The molecule has 1 aliphatic heterocycles. The lowest BCUT2D eigenvalue weighted by Crippen LogP contribution is -2.12. The molecule has 0 saturated carbocycles. The van der Waals surface area contributed by atoms with Crippen LogP contribution >= 0.6 is 12.6 Å². The van der Waals surface area contributed by atoms with E-state index in [1.54, 1.807) is 0 Å². The van der Waals surface area contributed by atoms with Gasteiger partial charge in [-0.2, -0.15) is 12.6 Å². The van der Waals surface area contributed by atoms with Crippen molar-refractivity contribution < 1.29 is 0 Å². The minimum Gasteiger partial charge on any atom is -0.387 e. The highest BCUT2D eigenvalue weighted by Gasteiger charge is 2.28. The molecule has 72 valence electrons. The summed E-state index contributed by atoms with van der Waals surface area (Å²) in [5.74, 6) is 0.402. The molecule has 0 aromatic heterocycles. The largest absolute Gasteiger partial charge is 0.387 e. The molecule has 1 fully saturated rings. The highest BCUT2D eigenvalue weighted by molar-refractivity contribution is 7.81. The minimum atomic E-state index is 0.217. The van der Waals surface area contributed by atoms with Crippen molar-refractivity contribution in [1.82, 2.24) is 5.32 Å². The topological polar surface area (TPSA) is 12.0 Å². The maximum Gasteiger partial charge on any atom is 0.0493 e. The number of allylic oxidation sites excluding steroid dienone is 2. The van der Waals surface area contributed by atoms with Gasteiger partial charge in [0.25, 0.3) is 0 Å². The van der Waals surface area contributed by atoms with Crippen LogP contribution in [0.3, 0.4) is 0 Å². The second-order valence-corrected chi connectivity index (χ2v) is 3.90. The third-order valence-electron chi connectivity index (χ3n) is 2.33. The predicted octanol–water partition coefficient (Wildman–Crippen LogP) is 2.54. The van der Waals surface area contributed by atoms with Crippen molar-refractivity contribution >= 4 is 12.6 Å². The van der Waals surface area contributed by atoms with Gasteiger partial charge in [-0.05, 0) is 12.0 Å². The first kappa shape index (κ1) is 10.5. The van der Waals surface area contributed by atoms with Gasteiger partial charge in [-0.1, -0.05) is 32.2 Å². The highest BCUT2D eigenvalue weighted by Crippen LogP contribution is 2.28. The molecule has 0 aromatic rings. The smallest absolute Gasteiger partial charge is 0.0493 e. The summed E-state index contributed by atoms with van der Waals surface area (Å²) in [6.07, 6.45) is 5.27. The van der Waals surface area contributed by atoms with E-state index in [0.717, 1.165) is 24.2 Å². The lowest BCUT2D eigenvalue weighted by molar-refractivity contribution is 0.713. The maximum absolute atomic E-state index is 4.49. The van der Waals surface area contributed by atoms with Crippen LogP contribution in [0.15, 0.2) is 36.6 Å². The molecule has 13 heavy (non-hydrogen) atoms. The van der Waals surface area contributed by atoms with Crippen molar-refractivity contribution in [2.45, 2.75) is 18.6 Å². The zero-order valence-electron chi connectivity index (χ0n) is 8.09. The van der Waals surface area contributed by atoms with Crippen molar-refractivity contribution in [3.63, 3.8) is 0 Å². The average molecular weight is 195 g/mol. The Hall–Kier alpha value is -0.630. The molecule has 1 saturated heterocycles. The molecule has 1 heterocycles. The molecule has 1 N–H and O–H groups in total. The van der Waals surface area contributed by atoms with E-state index in [2.05, 4.69) is 50.2 Å². The molecule has 2 unspecified atom stereocenters. The summed E-state index contributed by atoms with van der Waals surface area (Å²) in [6.45, 7) is 11.0. The molecule has 1 aliphatic rings. The van der Waals surface area contributed by atoms with Gasteiger partial charge in [0, 0.05) is 23.4 Å². The Balaban J connectivity index is 2.58. The van der Waals surface area contributed by atoms with Crippen LogP contribution in [0.5, 0.6) is 0 Å². The van der Waals surface area contributed by atoms with E-state index in [4.69, 9.17) is 0 Å². The van der Waals surface area contributed by atoms with Crippen molar-refractivity contribution in [2.75, 3.05) is 6.54 Å². The van der Waals surface area contributed by atoms with Crippen LogP contribution in [0.25, 0.3) is 0 Å². The lowest BCUT2D eigenvalue weighted by Gasteiger charge is -2.13. The van der Waals surface area contributed by atoms with Crippen LogP contribution in [0.4, 0.5) is 0 Å². The van der Waals surface area contributed by atoms with Crippen LogP contribution in [0.2, 0.25) is 0 Å². The number of rotatable bonds is 3. The quantitative estimate of drug-likeness (QED) is 0.521. The van der Waals surface area contributed by atoms with Gasteiger partial charge in [0.05, 0.1) is 0 Å². The summed E-state index contributed by atoms with van der Waals surface area (Å²) in [5.41, 5.74) is 2.16. The third kappa shape index (κ3) is 2.41. The van der Waals surface area contributed by atoms with Crippen LogP contribution < -0.4 is 5.32 Å². The predicted molar refractivity (Wildman–Crippen MR) is 62.0 cm³/mol. The molecular formula is C11H17NS. The molecule has 0 amide bonds. The van der Waals surface area contributed by atoms with E-state index in [1.807, 2.05) is 0 Å². The Morgan fingerprint density at radius 2 is 2.46 bits per heavy atom. The van der Waals surface area contributed by atoms with E-state index in [-0.39, 0.29) is 5.25 Å². The molecule has 0 aliphatic carbocycles. The number of thiol groups is 1. The van der Waals surface area contributed by atoms with Crippen LogP contribution in [-0.4, -0.2) is 11.8 Å². The second-order valence-electron chi connectivity index (χ2n) is 3.34. The fraction of sp³-hybridized carbons (Fsp3) is 0.455. The Kier molecular flexibility index (Phi) is 3.67. The summed E-state index contributed by atoms with van der Waals surface area (Å²) >= 11 is 4.49. The van der Waals surface area contributed by atoms with Crippen molar-refractivity contribution in [1.29, 1.82) is 0 Å². The zero-order valence-corrected chi connectivity index (χ0v) is 8.98. The fourth-order valence-corrected chi connectivity index (χ4v) is 1.81. The normalized spacial score (nSPS) is 28.0. The summed E-state index contributed by atoms with van der Waals surface area (Å²) < 4.78 is 0. The number of hydrogen-bond donors (Lipinski definition) is 2. The molecule has 1 nitrogen and oxygen atoms in total. The summed E-state index contributed by atoms with van der Waals surface area (Å²) in [6, 6.07) is 0. The Morgan fingerprint density at radius 3 is 2.92 bits per heavy atom. The van der Waals surface area contributed by atoms with E-state index >= 15 is 0 Å². The van der Waals surface area contributed by atoms with Crippen molar-refractivity contribution in [2.24, 2.45) is 5.92 Å². The molecule has 0 radical (unpaired) electrons. The molecule has 0 bridgehead atoms. The third-order valence-corrected chi connectivity index (χ3v) is 3.00. The van der Waals surface area contributed by atoms with Gasteiger partial charge < -0.3 is 5.32 Å². The first-order valence-corrected chi connectivity index (χ1v) is 5.14. The SMILES string of the molecule is C=C1NCC(C(=C)/C=C\CC)C1S. The van der Waals surface area contributed by atoms with E-state index < -0.39 is 0 Å². The zero-order chi connectivity index (χ0) is 9.84. The number of nitrogens with one attached hydrogen (secondary N) is 1. The van der Waals surface area contributed by atoms with Crippen molar-refractivity contribution in [3.05, 3.63) is 36.6 Å². The van der Waals surface area contributed by atoms with Gasteiger partial charge in [0.1, 0.15) is 0 Å². The molecular weight excluding hydrogens is 178 g/mol. The lowest BCUT2D eigenvalue weighted by atomic mass is 9.98. The van der Waals surface area contributed by atoms with Gasteiger partial charge in [0.15, 0.2) is 0 Å². The fourth-order valence-electron chi connectivity index (χ4n) is 1.43. The highest BCUT2D eigenvalue weighted by atomic mass is 32.1. The molecule has 1 rings (SSSR count). The monoisotopic (exact) mass is 195 g/mol. The second kappa shape index (κ2) is 4.56. The molecule has 2 atom stereocenters. The van der Waals surface area contributed by atoms with Crippen LogP contribution in [0, 0.1) is 5.92 Å². The Morgan fingerprint density at radius 1 is 1.77 bits per heavy atom. The van der Waals surface area contributed by atoms with Gasteiger partial charge >= 0.3 is 0 Å². The first-order chi connectivity index (χ1) is 6.16. The van der Waals surface area contributed by atoms with Crippen LogP contribution in [-0.2, 0) is 0 Å². The Bertz CT molecular complexity index is 242. The molecule has 0 aromatic carbocycles. The van der Waals surface area contributed by atoms with Crippen molar-refractivity contribution in [3.8, 4) is 0 Å². The van der Waals surface area contributed by atoms with E-state index in [1.165, 1.54) is 0 Å².